The molecule has 0 aliphatic heterocycles. The number of nitrogens with zero attached hydrogens (tertiary/aromatic N) is 3. The van der Waals surface area contributed by atoms with Crippen molar-refractivity contribution >= 4 is 22.4 Å². The average Bonchev–Trinajstić information content (AvgIpc) is 2.94. The monoisotopic (exact) mass is 298 g/mol. The number of hydrogen-bond acceptors (Lipinski definition) is 3. The summed E-state index contributed by atoms with van der Waals surface area (Å²) in [5.74, 6) is 0. The molecule has 0 saturated heterocycles. The van der Waals surface area contributed by atoms with Crippen LogP contribution in [-0.2, 0) is 0 Å². The maximum Gasteiger partial charge on any atom is 0.137 e. The fourth-order valence-electron chi connectivity index (χ4n) is 3.00. The Morgan fingerprint density at radius 3 is 2.65 bits per heavy atom. The summed E-state index contributed by atoms with van der Waals surface area (Å²) in [6.07, 6.45) is 1.97. The fourth-order valence-corrected chi connectivity index (χ4v) is 3.00. The van der Waals surface area contributed by atoms with E-state index in [9.17, 15) is 5.26 Å². The summed E-state index contributed by atoms with van der Waals surface area (Å²) in [7, 11) is 0. The molecular weight excluding hydrogens is 284 g/mol. The summed E-state index contributed by atoms with van der Waals surface area (Å²) < 4.78 is 2.03. The number of nitriles is 1. The zero-order valence-electron chi connectivity index (χ0n) is 12.6. The van der Waals surface area contributed by atoms with Gasteiger partial charge in [-0.3, -0.25) is 4.40 Å². The molecule has 2 heterocycles. The number of aromatic nitrogens is 2. The minimum absolute atomic E-state index is 0.628. The van der Waals surface area contributed by atoms with Crippen LogP contribution in [0.25, 0.3) is 27.8 Å². The topological polar surface area (TPSA) is 67.1 Å². The van der Waals surface area contributed by atoms with Crippen LogP contribution in [0.3, 0.4) is 0 Å². The van der Waals surface area contributed by atoms with Gasteiger partial charge in [0.25, 0.3) is 0 Å². The third kappa shape index (κ3) is 1.95. The third-order valence-electron chi connectivity index (χ3n) is 4.11. The summed E-state index contributed by atoms with van der Waals surface area (Å²) in [5.41, 5.74) is 12.7. The van der Waals surface area contributed by atoms with Crippen LogP contribution >= 0.6 is 0 Å². The van der Waals surface area contributed by atoms with E-state index in [-0.39, 0.29) is 0 Å². The van der Waals surface area contributed by atoms with Crippen LogP contribution in [0.1, 0.15) is 11.1 Å². The van der Waals surface area contributed by atoms with E-state index in [0.717, 1.165) is 39.1 Å². The van der Waals surface area contributed by atoms with Gasteiger partial charge in [0.1, 0.15) is 17.2 Å². The van der Waals surface area contributed by atoms with Crippen molar-refractivity contribution in [2.75, 3.05) is 5.73 Å². The van der Waals surface area contributed by atoms with Gasteiger partial charge in [-0.05, 0) is 48.4 Å². The highest BCUT2D eigenvalue weighted by Gasteiger charge is 2.16. The van der Waals surface area contributed by atoms with E-state index < -0.39 is 0 Å². The minimum atomic E-state index is 0.628. The number of fused-ring (bicyclic) bond motifs is 3. The molecule has 4 nitrogen and oxygen atoms in total. The van der Waals surface area contributed by atoms with E-state index in [1.807, 2.05) is 66.1 Å². The first-order chi connectivity index (χ1) is 11.2. The molecule has 2 aromatic carbocycles. The van der Waals surface area contributed by atoms with Gasteiger partial charge in [0.15, 0.2) is 0 Å². The highest BCUT2D eigenvalue weighted by atomic mass is 15.0. The maximum atomic E-state index is 9.52. The second-order valence-corrected chi connectivity index (χ2v) is 5.59. The SMILES string of the molecule is Cc1cc(-c2ccc(N)cc2)c2c(nc3ccccn32)c1C#N. The molecule has 0 amide bonds. The standard InChI is InChI=1S/C19H14N4/c1-12-10-15(13-5-7-14(21)8-6-13)19-18(16(12)11-20)22-17-4-2-3-9-23(17)19/h2-10H,21H2,1H3. The molecule has 0 spiro atoms. The Bertz CT molecular complexity index is 1080. The molecule has 0 fully saturated rings. The molecule has 0 aliphatic carbocycles. The van der Waals surface area contributed by atoms with Gasteiger partial charge in [0.05, 0.1) is 11.1 Å². The molecule has 0 radical (unpaired) electrons. The van der Waals surface area contributed by atoms with Crippen LogP contribution in [0.5, 0.6) is 0 Å². The predicted molar refractivity (Wildman–Crippen MR) is 92.0 cm³/mol. The first-order valence-electron chi connectivity index (χ1n) is 7.35. The largest absolute Gasteiger partial charge is 0.399 e. The number of benzene rings is 2. The summed E-state index contributed by atoms with van der Waals surface area (Å²) >= 11 is 0. The Morgan fingerprint density at radius 2 is 1.91 bits per heavy atom. The summed E-state index contributed by atoms with van der Waals surface area (Å²) in [4.78, 5) is 4.67. The lowest BCUT2D eigenvalue weighted by molar-refractivity contribution is 1.23. The highest BCUT2D eigenvalue weighted by Crippen LogP contribution is 2.33. The molecule has 0 saturated carbocycles. The van der Waals surface area contributed by atoms with E-state index in [4.69, 9.17) is 5.73 Å². The van der Waals surface area contributed by atoms with Gasteiger partial charge in [0, 0.05) is 17.4 Å². The average molecular weight is 298 g/mol. The van der Waals surface area contributed by atoms with Crippen LogP contribution in [0.15, 0.2) is 54.7 Å². The lowest BCUT2D eigenvalue weighted by Crippen LogP contribution is -1.92. The van der Waals surface area contributed by atoms with Crippen LogP contribution < -0.4 is 5.73 Å². The van der Waals surface area contributed by atoms with Crippen molar-refractivity contribution in [3.63, 3.8) is 0 Å². The van der Waals surface area contributed by atoms with Crippen LogP contribution in [0, 0.1) is 18.3 Å². The van der Waals surface area contributed by atoms with Crippen molar-refractivity contribution in [1.82, 2.24) is 9.38 Å². The van der Waals surface area contributed by atoms with E-state index >= 15 is 0 Å². The van der Waals surface area contributed by atoms with Crippen LogP contribution in [-0.4, -0.2) is 9.38 Å². The Balaban J connectivity index is 2.20. The Morgan fingerprint density at radius 1 is 1.13 bits per heavy atom. The summed E-state index contributed by atoms with van der Waals surface area (Å²) in [6, 6.07) is 18.0. The lowest BCUT2D eigenvalue weighted by atomic mass is 9.97. The molecule has 4 aromatic rings. The van der Waals surface area contributed by atoms with Crippen molar-refractivity contribution < 1.29 is 0 Å². The van der Waals surface area contributed by atoms with Crippen molar-refractivity contribution in [2.45, 2.75) is 6.92 Å². The number of hydrogen-bond donors (Lipinski definition) is 1. The van der Waals surface area contributed by atoms with Gasteiger partial charge in [-0.2, -0.15) is 5.26 Å². The summed E-state index contributed by atoms with van der Waals surface area (Å²) in [5, 5.41) is 9.52. The number of anilines is 1. The van der Waals surface area contributed by atoms with Gasteiger partial charge in [-0.25, -0.2) is 4.98 Å². The van der Waals surface area contributed by atoms with E-state index in [1.165, 1.54) is 0 Å². The molecular formula is C19H14N4. The smallest absolute Gasteiger partial charge is 0.137 e. The van der Waals surface area contributed by atoms with Gasteiger partial charge < -0.3 is 5.73 Å². The van der Waals surface area contributed by atoms with E-state index in [2.05, 4.69) is 11.1 Å². The van der Waals surface area contributed by atoms with Gasteiger partial charge >= 0.3 is 0 Å². The molecule has 0 unspecified atom stereocenters. The third-order valence-corrected chi connectivity index (χ3v) is 4.11. The molecule has 110 valence electrons. The quantitative estimate of drug-likeness (QED) is 0.542. The number of nitrogens with two attached hydrogens (primary N) is 1. The van der Waals surface area contributed by atoms with E-state index in [1.54, 1.807) is 0 Å². The molecule has 2 N–H and O–H groups in total. The Labute approximate surface area is 133 Å². The van der Waals surface area contributed by atoms with Crippen molar-refractivity contribution in [3.8, 4) is 17.2 Å². The van der Waals surface area contributed by atoms with Crippen LogP contribution in [0.4, 0.5) is 5.69 Å². The summed E-state index contributed by atoms with van der Waals surface area (Å²) in [6.45, 7) is 1.95. The van der Waals surface area contributed by atoms with Crippen LogP contribution in [0.2, 0.25) is 0 Å². The van der Waals surface area contributed by atoms with Gasteiger partial charge in [-0.15, -0.1) is 0 Å². The molecule has 0 aliphatic rings. The van der Waals surface area contributed by atoms with Crippen molar-refractivity contribution in [1.29, 1.82) is 5.26 Å². The van der Waals surface area contributed by atoms with Crippen molar-refractivity contribution in [3.05, 3.63) is 65.9 Å². The first kappa shape index (κ1) is 13.4. The van der Waals surface area contributed by atoms with Gasteiger partial charge in [-0.1, -0.05) is 18.2 Å². The molecule has 2 aromatic heterocycles. The second kappa shape index (κ2) is 4.85. The van der Waals surface area contributed by atoms with Crippen molar-refractivity contribution in [2.24, 2.45) is 0 Å². The predicted octanol–water partition coefficient (Wildman–Crippen LogP) is 3.92. The zero-order chi connectivity index (χ0) is 16.0. The Hall–Kier alpha value is -3.32. The molecule has 0 atom stereocenters. The number of pyridine rings is 1. The minimum Gasteiger partial charge on any atom is -0.399 e. The highest BCUT2D eigenvalue weighted by molar-refractivity contribution is 5.98. The lowest BCUT2D eigenvalue weighted by Gasteiger charge is -2.09. The number of nitrogen functional groups attached to an aromatic ring is 1. The number of aryl methyl sites for hydroxylation is 1. The number of imidazole rings is 1. The zero-order valence-corrected chi connectivity index (χ0v) is 12.6. The molecule has 23 heavy (non-hydrogen) atoms. The molecule has 4 heteroatoms. The molecule has 4 rings (SSSR count). The molecule has 0 bridgehead atoms. The maximum absolute atomic E-state index is 9.52. The van der Waals surface area contributed by atoms with Gasteiger partial charge in [0.2, 0.25) is 0 Å². The van der Waals surface area contributed by atoms with E-state index in [0.29, 0.717) is 5.56 Å². The first-order valence-corrected chi connectivity index (χ1v) is 7.35. The normalized spacial score (nSPS) is 11.0. The number of rotatable bonds is 1. The fraction of sp³-hybridized carbons (Fsp3) is 0.0526. The Kier molecular flexibility index (Phi) is 2.82. The second-order valence-electron chi connectivity index (χ2n) is 5.59.